The van der Waals surface area contributed by atoms with Gasteiger partial charge in [-0.05, 0) is 39.7 Å². The molecule has 0 unspecified atom stereocenters. The van der Waals surface area contributed by atoms with Gasteiger partial charge in [-0.1, -0.05) is 39.7 Å². The summed E-state index contributed by atoms with van der Waals surface area (Å²) < 4.78 is 1.74. The van der Waals surface area contributed by atoms with Gasteiger partial charge in [-0.2, -0.15) is 0 Å². The second kappa shape index (κ2) is 6.50. The molecule has 1 N–H and O–H groups in total. The zero-order valence-corrected chi connectivity index (χ0v) is 13.6. The van der Waals surface area contributed by atoms with E-state index in [1.54, 1.807) is 12.3 Å². The van der Waals surface area contributed by atoms with Crippen LogP contribution in [0.25, 0.3) is 0 Å². The molecule has 0 fully saturated rings. The van der Waals surface area contributed by atoms with E-state index in [1.807, 2.05) is 24.3 Å². The average Bonchev–Trinajstić information content (AvgIpc) is 2.37. The molecular weight excluding hydrogens is 395 g/mol. The van der Waals surface area contributed by atoms with Crippen molar-refractivity contribution < 1.29 is 4.79 Å². The summed E-state index contributed by atoms with van der Waals surface area (Å²) >= 11 is 12.5. The molecule has 19 heavy (non-hydrogen) atoms. The van der Waals surface area contributed by atoms with Crippen LogP contribution < -0.4 is 5.32 Å². The van der Waals surface area contributed by atoms with E-state index in [1.165, 1.54) is 0 Å². The van der Waals surface area contributed by atoms with Gasteiger partial charge in [0.15, 0.2) is 5.15 Å². The number of halogens is 3. The number of carbonyl (C=O) groups is 1. The fourth-order valence-corrected chi connectivity index (χ4v) is 2.24. The Bertz CT molecular complexity index is 602. The van der Waals surface area contributed by atoms with Gasteiger partial charge in [-0.3, -0.25) is 4.79 Å². The first-order valence-corrected chi connectivity index (χ1v) is 7.36. The number of amides is 1. The summed E-state index contributed by atoms with van der Waals surface area (Å²) in [6.45, 7) is 0. The lowest BCUT2D eigenvalue weighted by atomic mass is 10.1. The van der Waals surface area contributed by atoms with Crippen LogP contribution in [-0.2, 0) is 11.2 Å². The van der Waals surface area contributed by atoms with Crippen molar-refractivity contribution in [3.8, 4) is 0 Å². The molecule has 1 amide bonds. The van der Waals surface area contributed by atoms with Gasteiger partial charge in [-0.25, -0.2) is 4.98 Å². The average molecular weight is 404 g/mol. The maximum atomic E-state index is 11.9. The van der Waals surface area contributed by atoms with Crippen LogP contribution in [0.3, 0.4) is 0 Å². The minimum Gasteiger partial charge on any atom is -0.323 e. The number of hydrogen-bond donors (Lipinski definition) is 1. The number of carbonyl (C=O) groups excluding carboxylic acids is 1. The Kier molecular flexibility index (Phi) is 4.96. The fourth-order valence-electron chi connectivity index (χ4n) is 1.49. The number of benzene rings is 1. The normalized spacial score (nSPS) is 10.3. The van der Waals surface area contributed by atoms with Gasteiger partial charge in [0.2, 0.25) is 5.91 Å². The van der Waals surface area contributed by atoms with Crippen LogP contribution in [-0.4, -0.2) is 10.9 Å². The van der Waals surface area contributed by atoms with E-state index < -0.39 is 0 Å². The molecule has 1 heterocycles. The van der Waals surface area contributed by atoms with Crippen molar-refractivity contribution in [1.82, 2.24) is 4.98 Å². The number of nitrogens with one attached hydrogen (secondary N) is 1. The van der Waals surface area contributed by atoms with Gasteiger partial charge < -0.3 is 5.32 Å². The van der Waals surface area contributed by atoms with Crippen LogP contribution in [0.1, 0.15) is 5.56 Å². The van der Waals surface area contributed by atoms with Crippen molar-refractivity contribution in [3.63, 3.8) is 0 Å². The van der Waals surface area contributed by atoms with Crippen LogP contribution in [0.15, 0.2) is 45.5 Å². The molecule has 0 aliphatic rings. The third-order valence-corrected chi connectivity index (χ3v) is 3.62. The second-order valence-corrected chi connectivity index (χ2v) is 6.03. The Labute approximate surface area is 132 Å². The summed E-state index contributed by atoms with van der Waals surface area (Å²) in [4.78, 5) is 15.9. The van der Waals surface area contributed by atoms with Crippen molar-refractivity contribution in [2.45, 2.75) is 6.42 Å². The lowest BCUT2D eigenvalue weighted by molar-refractivity contribution is -0.115. The zero-order chi connectivity index (χ0) is 13.8. The Balaban J connectivity index is 2.05. The van der Waals surface area contributed by atoms with Crippen molar-refractivity contribution >= 4 is 55.1 Å². The van der Waals surface area contributed by atoms with Crippen LogP contribution in [0.4, 0.5) is 5.69 Å². The van der Waals surface area contributed by atoms with Gasteiger partial charge in [-0.15, -0.1) is 0 Å². The van der Waals surface area contributed by atoms with E-state index in [0.29, 0.717) is 5.69 Å². The highest BCUT2D eigenvalue weighted by Gasteiger charge is 2.08. The fraction of sp³-hybridized carbons (Fsp3) is 0.0769. The van der Waals surface area contributed by atoms with Crippen molar-refractivity contribution in [2.24, 2.45) is 0 Å². The molecule has 0 saturated carbocycles. The monoisotopic (exact) mass is 402 g/mol. The Morgan fingerprint density at radius 1 is 1.21 bits per heavy atom. The number of hydrogen-bond acceptors (Lipinski definition) is 2. The third kappa shape index (κ3) is 4.30. The van der Waals surface area contributed by atoms with E-state index in [9.17, 15) is 4.79 Å². The summed E-state index contributed by atoms with van der Waals surface area (Å²) in [5.41, 5.74) is 1.43. The van der Waals surface area contributed by atoms with E-state index in [0.717, 1.165) is 14.5 Å². The maximum absolute atomic E-state index is 11.9. The minimum absolute atomic E-state index is 0.135. The van der Waals surface area contributed by atoms with Gasteiger partial charge >= 0.3 is 0 Å². The molecule has 0 atom stereocenters. The van der Waals surface area contributed by atoms with Crippen molar-refractivity contribution in [1.29, 1.82) is 0 Å². The molecule has 1 aromatic carbocycles. The first-order chi connectivity index (χ1) is 9.04. The number of pyridine rings is 1. The molecule has 0 aliphatic carbocycles. The van der Waals surface area contributed by atoms with Crippen molar-refractivity contribution in [3.05, 3.63) is 56.2 Å². The lowest BCUT2D eigenvalue weighted by Gasteiger charge is -2.07. The largest absolute Gasteiger partial charge is 0.323 e. The highest BCUT2D eigenvalue weighted by atomic mass is 79.9. The molecule has 0 radical (unpaired) electrons. The molecule has 6 heteroatoms. The first-order valence-electron chi connectivity index (χ1n) is 5.40. The topological polar surface area (TPSA) is 42.0 Å². The second-order valence-electron chi connectivity index (χ2n) is 3.84. The summed E-state index contributed by atoms with van der Waals surface area (Å²) in [6, 6.07) is 9.30. The third-order valence-electron chi connectivity index (χ3n) is 2.36. The Morgan fingerprint density at radius 3 is 2.58 bits per heavy atom. The van der Waals surface area contributed by atoms with Gasteiger partial charge in [0, 0.05) is 15.1 Å². The Morgan fingerprint density at radius 2 is 1.89 bits per heavy atom. The number of nitrogens with zero attached hydrogens (tertiary/aromatic N) is 1. The molecular formula is C13H9Br2ClN2O. The van der Waals surface area contributed by atoms with E-state index >= 15 is 0 Å². The van der Waals surface area contributed by atoms with Gasteiger partial charge in [0.1, 0.15) is 0 Å². The quantitative estimate of drug-likeness (QED) is 0.769. The van der Waals surface area contributed by atoms with E-state index in [2.05, 4.69) is 42.2 Å². The maximum Gasteiger partial charge on any atom is 0.228 e. The summed E-state index contributed by atoms with van der Waals surface area (Å²) in [7, 11) is 0. The first kappa shape index (κ1) is 14.5. The highest BCUT2D eigenvalue weighted by Crippen LogP contribution is 2.23. The van der Waals surface area contributed by atoms with Crippen molar-refractivity contribution in [2.75, 3.05) is 5.32 Å². The molecule has 0 aliphatic heterocycles. The SMILES string of the molecule is O=C(Cc1ccc(Br)cc1)Nc1cc(Br)cnc1Cl. The molecule has 3 nitrogen and oxygen atoms in total. The Hall–Kier alpha value is -0.910. The lowest BCUT2D eigenvalue weighted by Crippen LogP contribution is -2.14. The molecule has 2 aromatic rings. The van der Waals surface area contributed by atoms with Crippen LogP contribution in [0.2, 0.25) is 5.15 Å². The summed E-state index contributed by atoms with van der Waals surface area (Å²) in [6.07, 6.45) is 1.86. The predicted octanol–water partition coefficient (Wildman–Crippen LogP) is 4.44. The number of rotatable bonds is 3. The number of anilines is 1. The van der Waals surface area contributed by atoms with Gasteiger partial charge in [0.05, 0.1) is 12.1 Å². The summed E-state index contributed by atoms with van der Waals surface area (Å²) in [5, 5.41) is 3.01. The smallest absolute Gasteiger partial charge is 0.228 e. The van der Waals surface area contributed by atoms with E-state index in [-0.39, 0.29) is 17.5 Å². The summed E-state index contributed by atoms with van der Waals surface area (Å²) in [5.74, 6) is -0.135. The number of aromatic nitrogens is 1. The molecule has 2 rings (SSSR count). The zero-order valence-electron chi connectivity index (χ0n) is 9.66. The highest BCUT2D eigenvalue weighted by molar-refractivity contribution is 9.10. The van der Waals surface area contributed by atoms with Crippen LogP contribution >= 0.6 is 43.5 Å². The predicted molar refractivity (Wildman–Crippen MR) is 83.4 cm³/mol. The molecule has 1 aromatic heterocycles. The van der Waals surface area contributed by atoms with Crippen LogP contribution in [0.5, 0.6) is 0 Å². The minimum atomic E-state index is -0.135. The molecule has 0 bridgehead atoms. The van der Waals surface area contributed by atoms with Gasteiger partial charge in [0.25, 0.3) is 0 Å². The molecule has 0 spiro atoms. The van der Waals surface area contributed by atoms with E-state index in [4.69, 9.17) is 11.6 Å². The standard InChI is InChI=1S/C13H9Br2ClN2O/c14-9-3-1-8(2-4-9)5-12(19)18-11-6-10(15)7-17-13(11)16/h1-4,6-7H,5H2,(H,18,19). The van der Waals surface area contributed by atoms with Crippen LogP contribution in [0, 0.1) is 0 Å². The molecule has 0 saturated heterocycles. The molecule has 98 valence electrons.